The Morgan fingerprint density at radius 2 is 1.68 bits per heavy atom. The Hall–Kier alpha value is -3.72. The highest BCUT2D eigenvalue weighted by molar-refractivity contribution is 6.00. The molecule has 9 nitrogen and oxygen atoms in total. The first-order chi connectivity index (χ1) is 19.1. The van der Waals surface area contributed by atoms with Gasteiger partial charge in [-0.2, -0.15) is 0 Å². The summed E-state index contributed by atoms with van der Waals surface area (Å²) in [5, 5.41) is 27.2. The molecule has 2 fully saturated rings. The Balaban J connectivity index is 1.70. The van der Waals surface area contributed by atoms with E-state index in [4.69, 9.17) is 0 Å². The van der Waals surface area contributed by atoms with E-state index in [1.54, 1.807) is 33.0 Å². The second-order valence-electron chi connectivity index (χ2n) is 11.3. The molecule has 0 bridgehead atoms. The molecule has 2 aromatic carbocycles. The van der Waals surface area contributed by atoms with Gasteiger partial charge in [-0.25, -0.2) is 0 Å². The van der Waals surface area contributed by atoms with Crippen molar-refractivity contribution < 1.29 is 29.4 Å². The Labute approximate surface area is 235 Å². The predicted molar refractivity (Wildman–Crippen MR) is 149 cm³/mol. The molecule has 1 aliphatic heterocycles. The van der Waals surface area contributed by atoms with Gasteiger partial charge in [0.2, 0.25) is 11.8 Å². The summed E-state index contributed by atoms with van der Waals surface area (Å²) >= 11 is 0. The number of Topliss-reactive ketones (excluding diaryl/α,β-unsaturated/α-hetero) is 1. The summed E-state index contributed by atoms with van der Waals surface area (Å²) in [7, 11) is 1.62. The van der Waals surface area contributed by atoms with Gasteiger partial charge in [0.25, 0.3) is 5.91 Å². The fraction of sp³-hybridized carbons (Fsp3) is 0.484. The van der Waals surface area contributed by atoms with Gasteiger partial charge in [-0.05, 0) is 48.8 Å². The van der Waals surface area contributed by atoms with Gasteiger partial charge < -0.3 is 25.7 Å². The Morgan fingerprint density at radius 3 is 2.30 bits per heavy atom. The molecule has 0 aromatic heterocycles. The lowest BCUT2D eigenvalue weighted by Gasteiger charge is -2.41. The molecule has 2 aliphatic rings. The van der Waals surface area contributed by atoms with Gasteiger partial charge in [-0.15, -0.1) is 0 Å². The number of hydrogen-bond acceptors (Lipinski definition) is 6. The van der Waals surface area contributed by atoms with Crippen molar-refractivity contribution in [1.82, 2.24) is 15.5 Å². The molecule has 3 amide bonds. The van der Waals surface area contributed by atoms with Crippen LogP contribution in [0, 0.1) is 17.8 Å². The number of benzene rings is 2. The molecule has 1 saturated carbocycles. The summed E-state index contributed by atoms with van der Waals surface area (Å²) in [4.78, 5) is 55.6. The maximum Gasteiger partial charge on any atom is 0.255 e. The van der Waals surface area contributed by atoms with E-state index in [-0.39, 0.29) is 41.8 Å². The number of para-hydroxylation sites is 1. The van der Waals surface area contributed by atoms with Crippen molar-refractivity contribution >= 4 is 23.5 Å². The van der Waals surface area contributed by atoms with Crippen LogP contribution in [0.15, 0.2) is 54.6 Å². The van der Waals surface area contributed by atoms with E-state index in [9.17, 15) is 29.4 Å². The lowest BCUT2D eigenvalue weighted by Crippen LogP contribution is -2.60. The standard InChI is InChI=1S/C31H39N3O6/c1-18-16-25(36)27(21-12-9-13-21)34(3)31(40)19(2)28(37)23(17-20-10-5-4-6-11-20)32-30(39)26(18)33-29(38)22-14-7-8-15-24(22)35/h4-8,10-11,14-15,18-19,21,23,26-28,35,37H,9,12-13,16-17H2,1-3H3,(H,32,39)(H,33,38)/t18-,19+,23-,26-,27?,28-/m0/s1. The maximum atomic E-state index is 13.8. The van der Waals surface area contributed by atoms with E-state index in [0.29, 0.717) is 0 Å². The molecule has 4 N–H and O–H groups in total. The number of likely N-dealkylation sites (N-methyl/N-ethyl adjacent to an activating group) is 1. The number of phenols is 1. The normalized spacial score (nSPS) is 28.6. The summed E-state index contributed by atoms with van der Waals surface area (Å²) in [5.74, 6) is -3.47. The summed E-state index contributed by atoms with van der Waals surface area (Å²) in [6.45, 7) is 3.33. The van der Waals surface area contributed by atoms with Gasteiger partial charge >= 0.3 is 0 Å². The van der Waals surface area contributed by atoms with Crippen molar-refractivity contribution in [2.24, 2.45) is 17.8 Å². The zero-order chi connectivity index (χ0) is 29.0. The van der Waals surface area contributed by atoms with Gasteiger partial charge in [0.05, 0.1) is 29.7 Å². The molecular weight excluding hydrogens is 510 g/mol. The van der Waals surface area contributed by atoms with E-state index < -0.39 is 47.9 Å². The maximum absolute atomic E-state index is 13.8. The monoisotopic (exact) mass is 549 g/mol. The number of amides is 3. The molecule has 9 heteroatoms. The molecule has 1 unspecified atom stereocenters. The highest BCUT2D eigenvalue weighted by atomic mass is 16.3. The third kappa shape index (κ3) is 6.36. The predicted octanol–water partition coefficient (Wildman–Crippen LogP) is 2.45. The van der Waals surface area contributed by atoms with Crippen LogP contribution in [0.1, 0.15) is 55.5 Å². The first kappa shape index (κ1) is 29.3. The van der Waals surface area contributed by atoms with Crippen molar-refractivity contribution in [2.75, 3.05) is 7.05 Å². The highest BCUT2D eigenvalue weighted by Crippen LogP contribution is 2.34. The third-order valence-electron chi connectivity index (χ3n) is 8.44. The van der Waals surface area contributed by atoms with E-state index >= 15 is 0 Å². The SMILES string of the molecule is C[C@H]1CC(=O)C(C2CCC2)N(C)C(=O)[C@H](C)[C@H](O)[C@H](Cc2ccccc2)NC(=O)[C@H]1NC(=O)c1ccccc1O. The van der Waals surface area contributed by atoms with E-state index in [2.05, 4.69) is 10.6 Å². The number of aliphatic hydroxyl groups is 1. The Kier molecular flexibility index (Phi) is 9.25. The molecule has 4 rings (SSSR count). The zero-order valence-corrected chi connectivity index (χ0v) is 23.2. The number of aromatic hydroxyl groups is 1. The smallest absolute Gasteiger partial charge is 0.255 e. The summed E-state index contributed by atoms with van der Waals surface area (Å²) in [6, 6.07) is 12.7. The van der Waals surface area contributed by atoms with Gasteiger partial charge in [-0.1, -0.05) is 62.7 Å². The average molecular weight is 550 g/mol. The first-order valence-electron chi connectivity index (χ1n) is 14.0. The quantitative estimate of drug-likeness (QED) is 0.452. The number of aliphatic hydroxyl groups excluding tert-OH is 1. The number of hydrogen-bond donors (Lipinski definition) is 4. The topological polar surface area (TPSA) is 136 Å². The lowest BCUT2D eigenvalue weighted by molar-refractivity contribution is -0.148. The molecular formula is C31H39N3O6. The fourth-order valence-electron chi connectivity index (χ4n) is 5.81. The van der Waals surface area contributed by atoms with Crippen LogP contribution in [-0.4, -0.2) is 69.9 Å². The largest absolute Gasteiger partial charge is 0.507 e. The molecule has 6 atom stereocenters. The molecule has 0 radical (unpaired) electrons. The molecule has 2 aromatic rings. The Morgan fingerprint density at radius 1 is 1.02 bits per heavy atom. The summed E-state index contributed by atoms with van der Waals surface area (Å²) in [5.41, 5.74) is 0.865. The number of nitrogens with zero attached hydrogens (tertiary/aromatic N) is 1. The Bertz CT molecular complexity index is 1230. The number of carbonyl (C=O) groups is 4. The van der Waals surface area contributed by atoms with Gasteiger partial charge in [0.15, 0.2) is 5.78 Å². The highest BCUT2D eigenvalue weighted by Gasteiger charge is 2.43. The lowest BCUT2D eigenvalue weighted by atomic mass is 9.75. The third-order valence-corrected chi connectivity index (χ3v) is 8.44. The fourth-order valence-corrected chi connectivity index (χ4v) is 5.81. The summed E-state index contributed by atoms with van der Waals surface area (Å²) in [6.07, 6.45) is 1.60. The van der Waals surface area contributed by atoms with E-state index in [1.807, 2.05) is 30.3 Å². The number of phenolic OH excluding ortho intramolecular Hbond substituents is 1. The molecule has 1 aliphatic carbocycles. The first-order valence-corrected chi connectivity index (χ1v) is 14.0. The van der Waals surface area contributed by atoms with Gasteiger partial charge in [0.1, 0.15) is 11.8 Å². The van der Waals surface area contributed by atoms with Crippen LogP contribution < -0.4 is 10.6 Å². The molecule has 1 heterocycles. The number of nitrogens with one attached hydrogen (secondary N) is 2. The number of carbonyl (C=O) groups excluding carboxylic acids is 4. The van der Waals surface area contributed by atoms with Crippen molar-refractivity contribution in [1.29, 1.82) is 0 Å². The molecule has 1 saturated heterocycles. The van der Waals surface area contributed by atoms with Gasteiger partial charge in [0, 0.05) is 13.5 Å². The van der Waals surface area contributed by atoms with Crippen molar-refractivity contribution in [2.45, 2.75) is 70.2 Å². The second-order valence-corrected chi connectivity index (χ2v) is 11.3. The van der Waals surface area contributed by atoms with Gasteiger partial charge in [-0.3, -0.25) is 19.2 Å². The number of ketones is 1. The minimum atomic E-state index is -1.25. The van der Waals surface area contributed by atoms with Crippen molar-refractivity contribution in [3.05, 3.63) is 65.7 Å². The van der Waals surface area contributed by atoms with E-state index in [0.717, 1.165) is 24.8 Å². The molecule has 214 valence electrons. The van der Waals surface area contributed by atoms with Crippen molar-refractivity contribution in [3.8, 4) is 5.75 Å². The van der Waals surface area contributed by atoms with Crippen LogP contribution in [0.2, 0.25) is 0 Å². The van der Waals surface area contributed by atoms with Crippen LogP contribution in [0.4, 0.5) is 0 Å². The van der Waals surface area contributed by atoms with Crippen LogP contribution in [0.25, 0.3) is 0 Å². The summed E-state index contributed by atoms with van der Waals surface area (Å²) < 4.78 is 0. The second kappa shape index (κ2) is 12.6. The van der Waals surface area contributed by atoms with E-state index in [1.165, 1.54) is 17.0 Å². The van der Waals surface area contributed by atoms with Crippen LogP contribution in [0.5, 0.6) is 5.75 Å². The van der Waals surface area contributed by atoms with Crippen LogP contribution in [0.3, 0.4) is 0 Å². The average Bonchev–Trinajstić information content (AvgIpc) is 2.91. The number of rotatable bonds is 5. The minimum Gasteiger partial charge on any atom is -0.507 e. The minimum absolute atomic E-state index is 0.00658. The zero-order valence-electron chi connectivity index (χ0n) is 23.2. The van der Waals surface area contributed by atoms with Crippen LogP contribution >= 0.6 is 0 Å². The molecule has 40 heavy (non-hydrogen) atoms. The van der Waals surface area contributed by atoms with Crippen LogP contribution in [-0.2, 0) is 20.8 Å². The molecule has 0 spiro atoms. The van der Waals surface area contributed by atoms with Crippen molar-refractivity contribution in [3.63, 3.8) is 0 Å².